The highest BCUT2D eigenvalue weighted by Gasteiger charge is 2.32. The van der Waals surface area contributed by atoms with Crippen LogP contribution in [0.2, 0.25) is 0 Å². The van der Waals surface area contributed by atoms with Crippen LogP contribution in [0.4, 0.5) is 15.8 Å². The predicted octanol–water partition coefficient (Wildman–Crippen LogP) is 4.10. The Bertz CT molecular complexity index is 1150. The van der Waals surface area contributed by atoms with Crippen LogP contribution in [-0.4, -0.2) is 24.4 Å². The molecule has 1 heterocycles. The lowest BCUT2D eigenvalue weighted by Crippen LogP contribution is -2.30. The van der Waals surface area contributed by atoms with Crippen molar-refractivity contribution >= 4 is 29.2 Å². The number of fused-ring (bicyclic) bond motifs is 1. The van der Waals surface area contributed by atoms with E-state index in [0.29, 0.717) is 11.3 Å². The fraction of sp³-hybridized carbons (Fsp3) is 0.125. The highest BCUT2D eigenvalue weighted by atomic mass is 19.1. The van der Waals surface area contributed by atoms with E-state index in [1.165, 1.54) is 12.1 Å². The van der Waals surface area contributed by atoms with Crippen LogP contribution in [0.1, 0.15) is 17.9 Å². The number of carbonyl (C=O) groups is 3. The highest BCUT2D eigenvalue weighted by molar-refractivity contribution is 6.01. The standard InChI is InChI=1S/C24H19FN2O4/c25-16-10-11-18-19(13-22(28)27-21(18)12-16)24(30)31-14-23(29)26-20-9-5-4-8-17(20)15-6-2-1-3-7-15/h1-12,19H,13-14H2,(H,26,29)(H,27,28). The quantitative estimate of drug-likeness (QED) is 0.611. The number of anilines is 2. The summed E-state index contributed by atoms with van der Waals surface area (Å²) in [7, 11) is 0. The van der Waals surface area contributed by atoms with Gasteiger partial charge in [-0.3, -0.25) is 14.4 Å². The number of para-hydroxylation sites is 1. The molecule has 1 aliphatic heterocycles. The molecule has 0 bridgehead atoms. The van der Waals surface area contributed by atoms with Crippen molar-refractivity contribution in [2.45, 2.75) is 12.3 Å². The maximum Gasteiger partial charge on any atom is 0.314 e. The van der Waals surface area contributed by atoms with Crippen molar-refractivity contribution in [3.63, 3.8) is 0 Å². The van der Waals surface area contributed by atoms with Gasteiger partial charge in [-0.2, -0.15) is 0 Å². The van der Waals surface area contributed by atoms with Gasteiger partial charge in [0.2, 0.25) is 5.91 Å². The fourth-order valence-electron chi connectivity index (χ4n) is 3.53. The second-order valence-corrected chi connectivity index (χ2v) is 7.10. The van der Waals surface area contributed by atoms with Crippen LogP contribution in [0.25, 0.3) is 11.1 Å². The smallest absolute Gasteiger partial charge is 0.314 e. The molecule has 3 aromatic rings. The molecule has 1 unspecified atom stereocenters. The zero-order valence-corrected chi connectivity index (χ0v) is 16.4. The third kappa shape index (κ3) is 4.61. The van der Waals surface area contributed by atoms with Gasteiger partial charge in [-0.1, -0.05) is 54.6 Å². The molecular weight excluding hydrogens is 399 g/mol. The molecule has 2 N–H and O–H groups in total. The summed E-state index contributed by atoms with van der Waals surface area (Å²) in [5, 5.41) is 5.30. The first-order chi connectivity index (χ1) is 15.0. The van der Waals surface area contributed by atoms with E-state index in [4.69, 9.17) is 4.74 Å². The molecule has 0 radical (unpaired) electrons. The summed E-state index contributed by atoms with van der Waals surface area (Å²) < 4.78 is 18.6. The number of rotatable bonds is 5. The normalized spacial score (nSPS) is 14.9. The molecule has 1 atom stereocenters. The predicted molar refractivity (Wildman–Crippen MR) is 114 cm³/mol. The molecule has 4 rings (SSSR count). The number of halogens is 1. The molecule has 156 valence electrons. The van der Waals surface area contributed by atoms with Crippen molar-refractivity contribution in [3.05, 3.63) is 84.2 Å². The van der Waals surface area contributed by atoms with E-state index in [1.807, 2.05) is 42.5 Å². The number of ether oxygens (including phenoxy) is 1. The maximum absolute atomic E-state index is 13.4. The summed E-state index contributed by atoms with van der Waals surface area (Å²) in [5.74, 6) is -3.05. The Balaban J connectivity index is 1.43. The summed E-state index contributed by atoms with van der Waals surface area (Å²) in [6, 6.07) is 20.7. The van der Waals surface area contributed by atoms with Crippen molar-refractivity contribution in [1.82, 2.24) is 0 Å². The van der Waals surface area contributed by atoms with E-state index < -0.39 is 36.1 Å². The number of benzene rings is 3. The molecule has 3 aromatic carbocycles. The maximum atomic E-state index is 13.4. The van der Waals surface area contributed by atoms with Gasteiger partial charge in [-0.25, -0.2) is 4.39 Å². The number of amides is 2. The summed E-state index contributed by atoms with van der Waals surface area (Å²) in [5.41, 5.74) is 3.06. The van der Waals surface area contributed by atoms with Crippen LogP contribution in [0, 0.1) is 5.82 Å². The highest BCUT2D eigenvalue weighted by Crippen LogP contribution is 2.33. The van der Waals surface area contributed by atoms with Crippen molar-refractivity contribution in [1.29, 1.82) is 0 Å². The molecule has 2 amide bonds. The van der Waals surface area contributed by atoms with Gasteiger partial charge < -0.3 is 15.4 Å². The van der Waals surface area contributed by atoms with E-state index in [-0.39, 0.29) is 12.1 Å². The van der Waals surface area contributed by atoms with Crippen LogP contribution < -0.4 is 10.6 Å². The van der Waals surface area contributed by atoms with Gasteiger partial charge in [-0.05, 0) is 29.3 Å². The van der Waals surface area contributed by atoms with Crippen LogP contribution in [0.15, 0.2) is 72.8 Å². The Morgan fingerprint density at radius 2 is 1.77 bits per heavy atom. The van der Waals surface area contributed by atoms with Gasteiger partial charge in [0.15, 0.2) is 6.61 Å². The topological polar surface area (TPSA) is 84.5 Å². The van der Waals surface area contributed by atoms with E-state index >= 15 is 0 Å². The number of nitrogens with one attached hydrogen (secondary N) is 2. The summed E-state index contributed by atoms with van der Waals surface area (Å²) >= 11 is 0. The van der Waals surface area contributed by atoms with Gasteiger partial charge in [0, 0.05) is 23.4 Å². The van der Waals surface area contributed by atoms with Crippen LogP contribution in [0.3, 0.4) is 0 Å². The average Bonchev–Trinajstić information content (AvgIpc) is 2.77. The Morgan fingerprint density at radius 1 is 1.03 bits per heavy atom. The van der Waals surface area contributed by atoms with Crippen LogP contribution in [0.5, 0.6) is 0 Å². The summed E-state index contributed by atoms with van der Waals surface area (Å²) in [6.07, 6.45) is -0.129. The van der Waals surface area contributed by atoms with Gasteiger partial charge >= 0.3 is 5.97 Å². The van der Waals surface area contributed by atoms with Gasteiger partial charge in [0.05, 0.1) is 5.92 Å². The first-order valence-corrected chi connectivity index (χ1v) is 9.71. The van der Waals surface area contributed by atoms with Crippen molar-refractivity contribution in [2.75, 3.05) is 17.2 Å². The Kier molecular flexibility index (Phi) is 5.75. The van der Waals surface area contributed by atoms with Gasteiger partial charge in [0.1, 0.15) is 5.82 Å². The minimum atomic E-state index is -0.895. The SMILES string of the molecule is O=C(COC(=O)C1CC(=O)Nc2cc(F)ccc21)Nc1ccccc1-c1ccccc1. The molecule has 0 aliphatic carbocycles. The molecular formula is C24H19FN2O4. The number of hydrogen-bond acceptors (Lipinski definition) is 4. The van der Waals surface area contributed by atoms with Gasteiger partial charge in [-0.15, -0.1) is 0 Å². The zero-order valence-electron chi connectivity index (χ0n) is 16.4. The molecule has 0 saturated carbocycles. The Labute approximate surface area is 178 Å². The van der Waals surface area contributed by atoms with E-state index in [9.17, 15) is 18.8 Å². The Morgan fingerprint density at radius 3 is 2.58 bits per heavy atom. The van der Waals surface area contributed by atoms with Crippen molar-refractivity contribution in [2.24, 2.45) is 0 Å². The second-order valence-electron chi connectivity index (χ2n) is 7.10. The van der Waals surface area contributed by atoms with E-state index in [0.717, 1.165) is 17.2 Å². The van der Waals surface area contributed by atoms with Crippen molar-refractivity contribution in [3.8, 4) is 11.1 Å². The lowest BCUT2D eigenvalue weighted by Gasteiger charge is -2.24. The largest absolute Gasteiger partial charge is 0.455 e. The van der Waals surface area contributed by atoms with Crippen molar-refractivity contribution < 1.29 is 23.5 Å². The minimum Gasteiger partial charge on any atom is -0.455 e. The van der Waals surface area contributed by atoms with E-state index in [2.05, 4.69) is 10.6 Å². The van der Waals surface area contributed by atoms with Crippen LogP contribution >= 0.6 is 0 Å². The monoisotopic (exact) mass is 418 g/mol. The number of hydrogen-bond donors (Lipinski definition) is 2. The molecule has 31 heavy (non-hydrogen) atoms. The lowest BCUT2D eigenvalue weighted by molar-refractivity contribution is -0.149. The molecule has 7 heteroatoms. The summed E-state index contributed by atoms with van der Waals surface area (Å²) in [6.45, 7) is -0.503. The first-order valence-electron chi connectivity index (χ1n) is 9.71. The third-order valence-corrected chi connectivity index (χ3v) is 4.97. The number of esters is 1. The zero-order chi connectivity index (χ0) is 21.8. The fourth-order valence-corrected chi connectivity index (χ4v) is 3.53. The molecule has 0 spiro atoms. The average molecular weight is 418 g/mol. The minimum absolute atomic E-state index is 0.129. The molecule has 1 aliphatic rings. The molecule has 0 aromatic heterocycles. The molecule has 0 fully saturated rings. The summed E-state index contributed by atoms with van der Waals surface area (Å²) in [4.78, 5) is 36.9. The Hall–Kier alpha value is -4.00. The third-order valence-electron chi connectivity index (χ3n) is 4.97. The van der Waals surface area contributed by atoms with E-state index in [1.54, 1.807) is 12.1 Å². The second kappa shape index (κ2) is 8.79. The first kappa shape index (κ1) is 20.3. The lowest BCUT2D eigenvalue weighted by atomic mass is 9.90. The molecule has 0 saturated heterocycles. The van der Waals surface area contributed by atoms with Gasteiger partial charge in [0.25, 0.3) is 5.91 Å². The number of carbonyl (C=O) groups excluding carboxylic acids is 3. The van der Waals surface area contributed by atoms with Crippen LogP contribution in [-0.2, 0) is 19.1 Å². The molecule has 6 nitrogen and oxygen atoms in total.